The first kappa shape index (κ1) is 19.0. The number of carbonyl (C=O) groups is 2. The molecule has 1 heterocycles. The number of hydrogen-bond acceptors (Lipinski definition) is 5. The fourth-order valence-electron chi connectivity index (χ4n) is 2.61. The van der Waals surface area contributed by atoms with Crippen molar-refractivity contribution >= 4 is 34.7 Å². The summed E-state index contributed by atoms with van der Waals surface area (Å²) in [5, 5.41) is 8.65. The van der Waals surface area contributed by atoms with E-state index in [-0.39, 0.29) is 17.5 Å². The summed E-state index contributed by atoms with van der Waals surface area (Å²) in [6, 6.07) is 16.4. The third-order valence-electron chi connectivity index (χ3n) is 3.84. The molecule has 0 aliphatic rings. The molecule has 3 aromatic rings. The van der Waals surface area contributed by atoms with Crippen molar-refractivity contribution < 1.29 is 9.59 Å². The van der Waals surface area contributed by atoms with Crippen LogP contribution >= 0.6 is 0 Å². The molecular formula is C21H21N5O2. The Labute approximate surface area is 163 Å². The summed E-state index contributed by atoms with van der Waals surface area (Å²) < 4.78 is 0. The lowest BCUT2D eigenvalue weighted by atomic mass is 10.2. The van der Waals surface area contributed by atoms with Gasteiger partial charge in [0.1, 0.15) is 17.3 Å². The average Bonchev–Trinajstić information content (AvgIpc) is 2.63. The predicted molar refractivity (Wildman–Crippen MR) is 110 cm³/mol. The first-order valence-corrected chi connectivity index (χ1v) is 8.77. The summed E-state index contributed by atoms with van der Waals surface area (Å²) in [5.41, 5.74) is 3.43. The average molecular weight is 375 g/mol. The van der Waals surface area contributed by atoms with Crippen LogP contribution < -0.4 is 16.0 Å². The van der Waals surface area contributed by atoms with Crippen LogP contribution in [0.4, 0.5) is 22.9 Å². The number of aromatic nitrogens is 2. The molecule has 1 aromatic heterocycles. The highest BCUT2D eigenvalue weighted by Crippen LogP contribution is 2.18. The van der Waals surface area contributed by atoms with Crippen molar-refractivity contribution in [3.8, 4) is 0 Å². The van der Waals surface area contributed by atoms with E-state index in [4.69, 9.17) is 0 Å². The van der Waals surface area contributed by atoms with Crippen molar-refractivity contribution in [2.45, 2.75) is 20.8 Å². The fraction of sp³-hybridized carbons (Fsp3) is 0.143. The number of rotatable bonds is 5. The molecule has 2 amide bonds. The number of benzene rings is 2. The molecule has 0 radical (unpaired) electrons. The van der Waals surface area contributed by atoms with Crippen LogP contribution in [0.25, 0.3) is 0 Å². The quantitative estimate of drug-likeness (QED) is 0.625. The number of amides is 2. The van der Waals surface area contributed by atoms with Crippen molar-refractivity contribution in [2.75, 3.05) is 16.0 Å². The second-order valence-corrected chi connectivity index (χ2v) is 6.39. The smallest absolute Gasteiger partial charge is 0.274 e. The van der Waals surface area contributed by atoms with Crippen LogP contribution in [0, 0.1) is 13.8 Å². The molecule has 0 bridgehead atoms. The maximum Gasteiger partial charge on any atom is 0.274 e. The van der Waals surface area contributed by atoms with Crippen molar-refractivity contribution in [2.24, 2.45) is 0 Å². The van der Waals surface area contributed by atoms with E-state index < -0.39 is 0 Å². The summed E-state index contributed by atoms with van der Waals surface area (Å²) in [7, 11) is 0. The van der Waals surface area contributed by atoms with Gasteiger partial charge in [-0.05, 0) is 44.2 Å². The van der Waals surface area contributed by atoms with Crippen LogP contribution in [0.3, 0.4) is 0 Å². The molecule has 0 aliphatic heterocycles. The van der Waals surface area contributed by atoms with Crippen molar-refractivity contribution in [3.63, 3.8) is 0 Å². The molecule has 0 unspecified atom stereocenters. The minimum absolute atomic E-state index is 0.179. The molecule has 3 N–H and O–H groups in total. The Kier molecular flexibility index (Phi) is 5.64. The van der Waals surface area contributed by atoms with Gasteiger partial charge in [-0.2, -0.15) is 0 Å². The fourth-order valence-corrected chi connectivity index (χ4v) is 2.61. The summed E-state index contributed by atoms with van der Waals surface area (Å²) in [5.74, 6) is 0.474. The molecule has 28 heavy (non-hydrogen) atoms. The highest BCUT2D eigenvalue weighted by atomic mass is 16.2. The summed E-state index contributed by atoms with van der Waals surface area (Å²) in [6.45, 7) is 5.17. The first-order valence-electron chi connectivity index (χ1n) is 8.77. The molecule has 0 aliphatic carbocycles. The Morgan fingerprint density at radius 2 is 1.50 bits per heavy atom. The number of nitrogens with zero attached hydrogens (tertiary/aromatic N) is 2. The van der Waals surface area contributed by atoms with Gasteiger partial charge in [0, 0.05) is 30.1 Å². The predicted octanol–water partition coefficient (Wildman–Crippen LogP) is 4.05. The Bertz CT molecular complexity index is 1020. The molecule has 3 rings (SSSR count). The standard InChI is InChI=1S/C21H21N5O2/c1-13-7-9-16(10-8-13)25-20-12-19(22-14(2)23-20)21(28)26-18-6-4-5-17(11-18)24-15(3)27/h4-12H,1-3H3,(H,24,27)(H,26,28)(H,22,23,25). The van der Waals surface area contributed by atoms with Crippen LogP contribution in [-0.4, -0.2) is 21.8 Å². The van der Waals surface area contributed by atoms with E-state index in [2.05, 4.69) is 25.9 Å². The van der Waals surface area contributed by atoms with E-state index in [9.17, 15) is 9.59 Å². The van der Waals surface area contributed by atoms with Gasteiger partial charge in [0.15, 0.2) is 0 Å². The van der Waals surface area contributed by atoms with Crippen molar-refractivity contribution in [1.82, 2.24) is 9.97 Å². The van der Waals surface area contributed by atoms with Crippen molar-refractivity contribution in [1.29, 1.82) is 0 Å². The van der Waals surface area contributed by atoms with E-state index in [0.717, 1.165) is 11.3 Å². The van der Waals surface area contributed by atoms with E-state index >= 15 is 0 Å². The maximum absolute atomic E-state index is 12.6. The third-order valence-corrected chi connectivity index (χ3v) is 3.84. The van der Waals surface area contributed by atoms with E-state index in [1.165, 1.54) is 6.92 Å². The number of nitrogens with one attached hydrogen (secondary N) is 3. The lowest BCUT2D eigenvalue weighted by Gasteiger charge is -2.10. The Morgan fingerprint density at radius 3 is 2.18 bits per heavy atom. The molecule has 142 valence electrons. The van der Waals surface area contributed by atoms with Gasteiger partial charge >= 0.3 is 0 Å². The lowest BCUT2D eigenvalue weighted by Crippen LogP contribution is -2.15. The maximum atomic E-state index is 12.6. The van der Waals surface area contributed by atoms with Crippen LogP contribution in [0.5, 0.6) is 0 Å². The Hall–Kier alpha value is -3.74. The number of hydrogen-bond donors (Lipinski definition) is 3. The van der Waals surface area contributed by atoms with Gasteiger partial charge in [-0.3, -0.25) is 9.59 Å². The molecule has 0 fully saturated rings. The second-order valence-electron chi connectivity index (χ2n) is 6.39. The molecule has 0 saturated heterocycles. The van der Waals surface area contributed by atoms with Gasteiger partial charge in [0.25, 0.3) is 5.91 Å². The lowest BCUT2D eigenvalue weighted by molar-refractivity contribution is -0.114. The number of anilines is 4. The minimum Gasteiger partial charge on any atom is -0.340 e. The monoisotopic (exact) mass is 375 g/mol. The zero-order valence-electron chi connectivity index (χ0n) is 15.9. The molecule has 7 heteroatoms. The van der Waals surface area contributed by atoms with Gasteiger partial charge in [-0.1, -0.05) is 23.8 Å². The third kappa shape index (κ3) is 5.14. The SMILES string of the molecule is CC(=O)Nc1cccc(NC(=O)c2cc(Nc3ccc(C)cc3)nc(C)n2)c1. The van der Waals surface area contributed by atoms with Crippen LogP contribution in [-0.2, 0) is 4.79 Å². The summed E-state index contributed by atoms with van der Waals surface area (Å²) in [4.78, 5) is 32.4. The van der Waals surface area contributed by atoms with Crippen molar-refractivity contribution in [3.05, 3.63) is 71.7 Å². The highest BCUT2D eigenvalue weighted by molar-refractivity contribution is 6.03. The van der Waals surface area contributed by atoms with E-state index in [0.29, 0.717) is 23.0 Å². The topological polar surface area (TPSA) is 96.0 Å². The van der Waals surface area contributed by atoms with Gasteiger partial charge in [0.05, 0.1) is 0 Å². The molecule has 2 aromatic carbocycles. The van der Waals surface area contributed by atoms with Crippen LogP contribution in [0.15, 0.2) is 54.6 Å². The number of carbonyl (C=O) groups excluding carboxylic acids is 2. The summed E-state index contributed by atoms with van der Waals surface area (Å²) >= 11 is 0. The molecule has 0 atom stereocenters. The molecule has 7 nitrogen and oxygen atoms in total. The van der Waals surface area contributed by atoms with Crippen LogP contribution in [0.2, 0.25) is 0 Å². The molecular weight excluding hydrogens is 354 g/mol. The first-order chi connectivity index (χ1) is 13.4. The minimum atomic E-state index is -0.363. The van der Waals surface area contributed by atoms with Gasteiger partial charge < -0.3 is 16.0 Å². The zero-order valence-corrected chi connectivity index (χ0v) is 15.9. The van der Waals surface area contributed by atoms with E-state index in [1.807, 2.05) is 31.2 Å². The Morgan fingerprint density at radius 1 is 0.821 bits per heavy atom. The molecule has 0 spiro atoms. The highest BCUT2D eigenvalue weighted by Gasteiger charge is 2.12. The van der Waals surface area contributed by atoms with Gasteiger partial charge in [-0.25, -0.2) is 9.97 Å². The normalized spacial score (nSPS) is 10.2. The zero-order chi connectivity index (χ0) is 20.1. The number of aryl methyl sites for hydroxylation is 2. The van der Waals surface area contributed by atoms with E-state index in [1.54, 1.807) is 37.3 Å². The van der Waals surface area contributed by atoms with Crippen LogP contribution in [0.1, 0.15) is 28.8 Å². The van der Waals surface area contributed by atoms with Gasteiger partial charge in [0.2, 0.25) is 5.91 Å². The molecule has 0 saturated carbocycles. The Balaban J connectivity index is 1.77. The largest absolute Gasteiger partial charge is 0.340 e. The second kappa shape index (κ2) is 8.30. The van der Waals surface area contributed by atoms with Gasteiger partial charge in [-0.15, -0.1) is 0 Å². The summed E-state index contributed by atoms with van der Waals surface area (Å²) in [6.07, 6.45) is 0.